The number of fused-ring (bicyclic) bond motifs is 1. The van der Waals surface area contributed by atoms with Gasteiger partial charge < -0.3 is 4.90 Å². The maximum atomic E-state index is 12.7. The normalized spacial score (nSPS) is 13.5. The van der Waals surface area contributed by atoms with Crippen LogP contribution in [0.5, 0.6) is 0 Å². The Morgan fingerprint density at radius 2 is 2.00 bits per heavy atom. The molecule has 26 heavy (non-hydrogen) atoms. The lowest BCUT2D eigenvalue weighted by atomic mass is 10.0. The molecule has 4 rings (SSSR count). The lowest BCUT2D eigenvalue weighted by Crippen LogP contribution is -2.36. The van der Waals surface area contributed by atoms with E-state index in [1.54, 1.807) is 0 Å². The van der Waals surface area contributed by atoms with E-state index >= 15 is 0 Å². The van der Waals surface area contributed by atoms with Crippen molar-refractivity contribution in [1.29, 1.82) is 0 Å². The molecule has 0 saturated carbocycles. The number of amides is 1. The van der Waals surface area contributed by atoms with Crippen molar-refractivity contribution < 1.29 is 4.79 Å². The SMILES string of the molecule is Cc1ccccc1-c1nc(SCC(=O)N2CCCc3ccccc32)n[nH]1. The highest BCUT2D eigenvalue weighted by Crippen LogP contribution is 2.28. The monoisotopic (exact) mass is 364 g/mol. The van der Waals surface area contributed by atoms with Gasteiger partial charge in [0.1, 0.15) is 0 Å². The molecule has 1 amide bonds. The van der Waals surface area contributed by atoms with Gasteiger partial charge in [0.25, 0.3) is 0 Å². The molecule has 2 aromatic carbocycles. The van der Waals surface area contributed by atoms with Crippen LogP contribution in [0.4, 0.5) is 5.69 Å². The number of aromatic nitrogens is 3. The zero-order valence-corrected chi connectivity index (χ0v) is 15.4. The van der Waals surface area contributed by atoms with Crippen molar-refractivity contribution in [2.45, 2.75) is 24.9 Å². The first-order valence-electron chi connectivity index (χ1n) is 8.72. The van der Waals surface area contributed by atoms with Crippen LogP contribution in [0.15, 0.2) is 53.7 Å². The van der Waals surface area contributed by atoms with Gasteiger partial charge in [-0.15, -0.1) is 5.10 Å². The first-order valence-corrected chi connectivity index (χ1v) is 9.70. The van der Waals surface area contributed by atoms with Crippen molar-refractivity contribution >= 4 is 23.4 Å². The lowest BCUT2D eigenvalue weighted by Gasteiger charge is -2.29. The minimum absolute atomic E-state index is 0.101. The van der Waals surface area contributed by atoms with Crippen molar-refractivity contribution in [2.75, 3.05) is 17.2 Å². The van der Waals surface area contributed by atoms with Crippen molar-refractivity contribution in [2.24, 2.45) is 0 Å². The molecule has 0 bridgehead atoms. The predicted octanol–water partition coefficient (Wildman–Crippen LogP) is 3.85. The molecule has 1 N–H and O–H groups in total. The summed E-state index contributed by atoms with van der Waals surface area (Å²) in [7, 11) is 0. The molecule has 0 radical (unpaired) electrons. The van der Waals surface area contributed by atoms with Crippen molar-refractivity contribution in [3.63, 3.8) is 0 Å². The second-order valence-electron chi connectivity index (χ2n) is 6.35. The van der Waals surface area contributed by atoms with Gasteiger partial charge in [-0.25, -0.2) is 4.98 Å². The summed E-state index contributed by atoms with van der Waals surface area (Å²) < 4.78 is 0. The molecule has 0 spiro atoms. The quantitative estimate of drug-likeness (QED) is 0.714. The molecule has 6 heteroatoms. The Kier molecular flexibility index (Phi) is 4.75. The molecule has 1 aliphatic rings. The van der Waals surface area contributed by atoms with Gasteiger partial charge in [0.05, 0.1) is 5.75 Å². The Bertz CT molecular complexity index is 937. The highest BCUT2D eigenvalue weighted by molar-refractivity contribution is 7.99. The minimum Gasteiger partial charge on any atom is -0.311 e. The highest BCUT2D eigenvalue weighted by Gasteiger charge is 2.22. The molecule has 2 heterocycles. The van der Waals surface area contributed by atoms with E-state index in [0.717, 1.165) is 42.0 Å². The van der Waals surface area contributed by atoms with E-state index in [4.69, 9.17) is 0 Å². The van der Waals surface area contributed by atoms with Gasteiger partial charge in [-0.3, -0.25) is 9.89 Å². The first kappa shape index (κ1) is 16.8. The lowest BCUT2D eigenvalue weighted by molar-refractivity contribution is -0.116. The number of nitrogens with one attached hydrogen (secondary N) is 1. The molecular formula is C20H20N4OS. The Labute approximate surface area is 156 Å². The summed E-state index contributed by atoms with van der Waals surface area (Å²) in [6, 6.07) is 16.2. The van der Waals surface area contributed by atoms with Crippen LogP contribution in [0.3, 0.4) is 0 Å². The second kappa shape index (κ2) is 7.33. The number of hydrogen-bond acceptors (Lipinski definition) is 4. The number of anilines is 1. The summed E-state index contributed by atoms with van der Waals surface area (Å²) in [6.07, 6.45) is 2.04. The third-order valence-electron chi connectivity index (χ3n) is 4.60. The van der Waals surface area contributed by atoms with Gasteiger partial charge in [0, 0.05) is 17.8 Å². The van der Waals surface area contributed by atoms with Crippen LogP contribution in [0.2, 0.25) is 0 Å². The number of rotatable bonds is 4. The van der Waals surface area contributed by atoms with Gasteiger partial charge in [0.15, 0.2) is 5.82 Å². The standard InChI is InChI=1S/C20H20N4OS/c1-14-7-2-4-10-16(14)19-21-20(23-22-19)26-13-18(25)24-12-6-9-15-8-3-5-11-17(15)24/h2-5,7-8,10-11H,6,9,12-13H2,1H3,(H,21,22,23). The van der Waals surface area contributed by atoms with E-state index in [1.807, 2.05) is 54.3 Å². The second-order valence-corrected chi connectivity index (χ2v) is 7.29. The summed E-state index contributed by atoms with van der Waals surface area (Å²) in [4.78, 5) is 19.1. The zero-order chi connectivity index (χ0) is 17.9. The number of thioether (sulfide) groups is 1. The summed E-state index contributed by atoms with van der Waals surface area (Å²) in [5.74, 6) is 1.17. The smallest absolute Gasteiger partial charge is 0.237 e. The fraction of sp³-hybridized carbons (Fsp3) is 0.250. The molecule has 0 unspecified atom stereocenters. The third kappa shape index (κ3) is 3.37. The Morgan fingerprint density at radius 1 is 1.19 bits per heavy atom. The van der Waals surface area contributed by atoms with Gasteiger partial charge >= 0.3 is 0 Å². The number of benzene rings is 2. The van der Waals surface area contributed by atoms with Crippen molar-refractivity contribution in [3.8, 4) is 11.4 Å². The third-order valence-corrected chi connectivity index (χ3v) is 5.43. The Morgan fingerprint density at radius 3 is 2.88 bits per heavy atom. The molecular weight excluding hydrogens is 344 g/mol. The van der Waals surface area contributed by atoms with Crippen molar-refractivity contribution in [3.05, 3.63) is 59.7 Å². The van der Waals surface area contributed by atoms with Crippen LogP contribution in [0, 0.1) is 6.92 Å². The average molecular weight is 364 g/mol. The van der Waals surface area contributed by atoms with Gasteiger partial charge in [-0.2, -0.15) is 0 Å². The van der Waals surface area contributed by atoms with Gasteiger partial charge in [0.2, 0.25) is 11.1 Å². The van der Waals surface area contributed by atoms with Crippen molar-refractivity contribution in [1.82, 2.24) is 15.2 Å². The van der Waals surface area contributed by atoms with Crippen LogP contribution in [0.25, 0.3) is 11.4 Å². The van der Waals surface area contributed by atoms with E-state index in [0.29, 0.717) is 10.9 Å². The molecule has 1 aromatic heterocycles. The zero-order valence-electron chi connectivity index (χ0n) is 14.6. The number of para-hydroxylation sites is 1. The van der Waals surface area contributed by atoms with Crippen LogP contribution in [-0.4, -0.2) is 33.4 Å². The largest absolute Gasteiger partial charge is 0.311 e. The van der Waals surface area contributed by atoms with Crippen LogP contribution >= 0.6 is 11.8 Å². The van der Waals surface area contributed by atoms with E-state index in [1.165, 1.54) is 17.3 Å². The number of carbonyl (C=O) groups is 1. The van der Waals surface area contributed by atoms with E-state index < -0.39 is 0 Å². The average Bonchev–Trinajstić information content (AvgIpc) is 3.15. The maximum Gasteiger partial charge on any atom is 0.237 e. The number of aromatic amines is 1. The summed E-state index contributed by atoms with van der Waals surface area (Å²) in [5, 5.41) is 7.83. The predicted molar refractivity (Wildman–Crippen MR) is 104 cm³/mol. The highest BCUT2D eigenvalue weighted by atomic mass is 32.2. The first-order chi connectivity index (χ1) is 12.7. The van der Waals surface area contributed by atoms with Gasteiger partial charge in [-0.05, 0) is 37.0 Å². The van der Waals surface area contributed by atoms with E-state index in [-0.39, 0.29) is 5.91 Å². The Hall–Kier alpha value is -2.60. The molecule has 0 saturated heterocycles. The molecule has 5 nitrogen and oxygen atoms in total. The topological polar surface area (TPSA) is 61.9 Å². The minimum atomic E-state index is 0.101. The number of hydrogen-bond donors (Lipinski definition) is 1. The number of H-pyrrole nitrogens is 1. The molecule has 132 valence electrons. The number of carbonyl (C=O) groups excluding carboxylic acids is 1. The van der Waals surface area contributed by atoms with Crippen LogP contribution < -0.4 is 4.90 Å². The molecule has 0 atom stereocenters. The molecule has 0 fully saturated rings. The molecule has 3 aromatic rings. The summed E-state index contributed by atoms with van der Waals surface area (Å²) in [5.41, 5.74) is 4.46. The fourth-order valence-corrected chi connectivity index (χ4v) is 3.94. The van der Waals surface area contributed by atoms with E-state index in [9.17, 15) is 4.79 Å². The van der Waals surface area contributed by atoms with Crippen LogP contribution in [0.1, 0.15) is 17.5 Å². The number of nitrogens with zero attached hydrogens (tertiary/aromatic N) is 3. The molecule has 1 aliphatic heterocycles. The molecule has 0 aliphatic carbocycles. The number of aryl methyl sites for hydroxylation is 2. The van der Waals surface area contributed by atoms with E-state index in [2.05, 4.69) is 21.2 Å². The van der Waals surface area contributed by atoms with Gasteiger partial charge in [-0.1, -0.05) is 54.2 Å². The fourth-order valence-electron chi connectivity index (χ4n) is 3.27. The maximum absolute atomic E-state index is 12.7. The van der Waals surface area contributed by atoms with Crippen LogP contribution in [-0.2, 0) is 11.2 Å². The summed E-state index contributed by atoms with van der Waals surface area (Å²) in [6.45, 7) is 2.82. The Balaban J connectivity index is 1.44. The summed E-state index contributed by atoms with van der Waals surface area (Å²) >= 11 is 1.37.